The van der Waals surface area contributed by atoms with Gasteiger partial charge in [0.15, 0.2) is 0 Å². The van der Waals surface area contributed by atoms with Crippen molar-refractivity contribution in [1.29, 1.82) is 0 Å². The van der Waals surface area contributed by atoms with Gasteiger partial charge in [-0.05, 0) is 29.8 Å². The first kappa shape index (κ1) is 12.3. The molecule has 0 saturated carbocycles. The lowest BCUT2D eigenvalue weighted by atomic mass is 10.1. The zero-order valence-corrected chi connectivity index (χ0v) is 10.9. The molecule has 0 atom stereocenters. The van der Waals surface area contributed by atoms with E-state index in [0.717, 1.165) is 22.6 Å². The molecule has 0 aliphatic carbocycles. The van der Waals surface area contributed by atoms with Gasteiger partial charge < -0.3 is 15.4 Å². The highest BCUT2D eigenvalue weighted by atomic mass is 16.3. The molecule has 1 aromatic heterocycles. The summed E-state index contributed by atoms with van der Waals surface area (Å²) in [6, 6.07) is 14.9. The molecule has 0 aliphatic heterocycles. The number of nitrogen functional groups attached to an aromatic ring is 1. The van der Waals surface area contributed by atoms with Gasteiger partial charge in [-0.2, -0.15) is 0 Å². The summed E-state index contributed by atoms with van der Waals surface area (Å²) in [5, 5.41) is 9.52. The monoisotopic (exact) mass is 265 g/mol. The molecule has 1 heterocycles. The van der Waals surface area contributed by atoms with Crippen LogP contribution >= 0.6 is 0 Å². The number of hydrogen-bond donors (Lipinski definition) is 2. The predicted molar refractivity (Wildman–Crippen MR) is 79.3 cm³/mol. The van der Waals surface area contributed by atoms with Crippen LogP contribution in [0.15, 0.2) is 60.9 Å². The average molecular weight is 265 g/mol. The molecule has 3 N–H and O–H groups in total. The smallest absolute Gasteiger partial charge is 0.140 e. The van der Waals surface area contributed by atoms with Crippen LogP contribution in [-0.4, -0.2) is 14.7 Å². The summed E-state index contributed by atoms with van der Waals surface area (Å²) in [7, 11) is 0. The zero-order chi connectivity index (χ0) is 13.9. The van der Waals surface area contributed by atoms with Crippen molar-refractivity contribution in [2.45, 2.75) is 6.54 Å². The van der Waals surface area contributed by atoms with Gasteiger partial charge in [0.05, 0.1) is 0 Å². The quantitative estimate of drug-likeness (QED) is 0.716. The second-order valence-corrected chi connectivity index (χ2v) is 4.67. The van der Waals surface area contributed by atoms with E-state index < -0.39 is 0 Å². The van der Waals surface area contributed by atoms with Gasteiger partial charge in [-0.3, -0.25) is 0 Å². The minimum Gasteiger partial charge on any atom is -0.508 e. The number of nitrogens with zero attached hydrogens (tertiary/aromatic N) is 2. The van der Waals surface area contributed by atoms with E-state index in [2.05, 4.69) is 4.98 Å². The lowest BCUT2D eigenvalue weighted by Gasteiger charge is -2.09. The fourth-order valence-corrected chi connectivity index (χ4v) is 2.23. The van der Waals surface area contributed by atoms with Crippen LogP contribution in [0.4, 0.5) is 5.69 Å². The molecule has 4 heteroatoms. The van der Waals surface area contributed by atoms with Crippen LogP contribution in [0.5, 0.6) is 5.75 Å². The predicted octanol–water partition coefficient (Wildman–Crippen LogP) is 2.89. The number of aromatic hydroxyl groups is 1. The molecule has 20 heavy (non-hydrogen) atoms. The topological polar surface area (TPSA) is 64.1 Å². The molecule has 0 saturated heterocycles. The number of hydrogen-bond acceptors (Lipinski definition) is 3. The van der Waals surface area contributed by atoms with Crippen LogP contribution in [-0.2, 0) is 6.54 Å². The number of imidazole rings is 1. The number of benzene rings is 2. The summed E-state index contributed by atoms with van der Waals surface area (Å²) < 4.78 is 2.03. The molecular weight excluding hydrogens is 250 g/mol. The van der Waals surface area contributed by atoms with Crippen LogP contribution in [0.1, 0.15) is 5.56 Å². The SMILES string of the molecule is Nc1cccc(-c2nccn2Cc2cccc(O)c2)c1. The molecule has 0 aliphatic rings. The van der Waals surface area contributed by atoms with E-state index in [9.17, 15) is 5.11 Å². The first-order valence-corrected chi connectivity index (χ1v) is 6.37. The molecule has 0 radical (unpaired) electrons. The van der Waals surface area contributed by atoms with Crippen LogP contribution in [0.25, 0.3) is 11.4 Å². The Morgan fingerprint density at radius 2 is 1.95 bits per heavy atom. The van der Waals surface area contributed by atoms with Crippen molar-refractivity contribution in [1.82, 2.24) is 9.55 Å². The fourth-order valence-electron chi connectivity index (χ4n) is 2.23. The first-order valence-electron chi connectivity index (χ1n) is 6.37. The highest BCUT2D eigenvalue weighted by Crippen LogP contribution is 2.21. The highest BCUT2D eigenvalue weighted by Gasteiger charge is 2.07. The van der Waals surface area contributed by atoms with E-state index in [0.29, 0.717) is 6.54 Å². The normalized spacial score (nSPS) is 10.6. The van der Waals surface area contributed by atoms with Gasteiger partial charge in [-0.1, -0.05) is 24.3 Å². The Bertz CT molecular complexity index is 734. The van der Waals surface area contributed by atoms with E-state index in [1.54, 1.807) is 18.3 Å². The van der Waals surface area contributed by atoms with Gasteiger partial charge in [0.1, 0.15) is 11.6 Å². The van der Waals surface area contributed by atoms with Crippen LogP contribution in [0, 0.1) is 0 Å². The maximum atomic E-state index is 9.52. The van der Waals surface area contributed by atoms with Crippen molar-refractivity contribution < 1.29 is 5.11 Å². The summed E-state index contributed by atoms with van der Waals surface area (Å²) in [5.74, 6) is 1.13. The Morgan fingerprint density at radius 1 is 1.10 bits per heavy atom. The second-order valence-electron chi connectivity index (χ2n) is 4.67. The van der Waals surface area contributed by atoms with E-state index in [-0.39, 0.29) is 5.75 Å². The second kappa shape index (κ2) is 5.09. The largest absolute Gasteiger partial charge is 0.508 e. The van der Waals surface area contributed by atoms with Crippen LogP contribution < -0.4 is 5.73 Å². The molecule has 0 bridgehead atoms. The van der Waals surface area contributed by atoms with Gasteiger partial charge in [-0.15, -0.1) is 0 Å². The Hall–Kier alpha value is -2.75. The fraction of sp³-hybridized carbons (Fsp3) is 0.0625. The molecule has 0 unspecified atom stereocenters. The van der Waals surface area contributed by atoms with E-state index in [1.165, 1.54) is 0 Å². The van der Waals surface area contributed by atoms with Gasteiger partial charge in [0, 0.05) is 30.2 Å². The lowest BCUT2D eigenvalue weighted by molar-refractivity contribution is 0.474. The third-order valence-electron chi connectivity index (χ3n) is 3.12. The van der Waals surface area contributed by atoms with Gasteiger partial charge in [-0.25, -0.2) is 4.98 Å². The van der Waals surface area contributed by atoms with E-state index in [4.69, 9.17) is 5.73 Å². The molecule has 0 spiro atoms. The Kier molecular flexibility index (Phi) is 3.13. The number of nitrogens with two attached hydrogens (primary N) is 1. The van der Waals surface area contributed by atoms with Crippen molar-refractivity contribution in [3.63, 3.8) is 0 Å². The average Bonchev–Trinajstić information content (AvgIpc) is 2.87. The summed E-state index contributed by atoms with van der Waals surface area (Å²) in [4.78, 5) is 4.39. The molecule has 2 aromatic carbocycles. The highest BCUT2D eigenvalue weighted by molar-refractivity contribution is 5.61. The van der Waals surface area contributed by atoms with E-state index in [1.807, 2.05) is 47.2 Å². The summed E-state index contributed by atoms with van der Waals surface area (Å²) in [5.41, 5.74) is 8.54. The summed E-state index contributed by atoms with van der Waals surface area (Å²) in [6.07, 6.45) is 3.68. The lowest BCUT2D eigenvalue weighted by Crippen LogP contribution is -2.01. The molecular formula is C16H15N3O. The number of phenolic OH excluding ortho intramolecular Hbond substituents is 1. The molecule has 4 nitrogen and oxygen atoms in total. The van der Waals surface area contributed by atoms with Crippen molar-refractivity contribution in [3.05, 3.63) is 66.5 Å². The third-order valence-corrected chi connectivity index (χ3v) is 3.12. The minimum absolute atomic E-state index is 0.271. The van der Waals surface area contributed by atoms with Crippen molar-refractivity contribution in [3.8, 4) is 17.1 Å². The maximum Gasteiger partial charge on any atom is 0.140 e. The van der Waals surface area contributed by atoms with Crippen molar-refractivity contribution >= 4 is 5.69 Å². The molecule has 3 aromatic rings. The molecule has 3 rings (SSSR count). The summed E-state index contributed by atoms with van der Waals surface area (Å²) >= 11 is 0. The minimum atomic E-state index is 0.271. The number of phenols is 1. The molecule has 0 fully saturated rings. The number of aromatic nitrogens is 2. The van der Waals surface area contributed by atoms with Gasteiger partial charge >= 0.3 is 0 Å². The Labute approximate surface area is 117 Å². The first-order chi connectivity index (χ1) is 9.72. The standard InChI is InChI=1S/C16H15N3O/c17-14-5-2-4-13(10-14)16-18-7-8-19(16)11-12-3-1-6-15(20)9-12/h1-10,20H,11,17H2. The molecule has 100 valence electrons. The van der Waals surface area contributed by atoms with Gasteiger partial charge in [0.25, 0.3) is 0 Å². The van der Waals surface area contributed by atoms with Gasteiger partial charge in [0.2, 0.25) is 0 Å². The Balaban J connectivity index is 1.94. The van der Waals surface area contributed by atoms with Crippen molar-refractivity contribution in [2.75, 3.05) is 5.73 Å². The number of anilines is 1. The van der Waals surface area contributed by atoms with E-state index >= 15 is 0 Å². The summed E-state index contributed by atoms with van der Waals surface area (Å²) in [6.45, 7) is 0.651. The third kappa shape index (κ3) is 2.49. The maximum absolute atomic E-state index is 9.52. The van der Waals surface area contributed by atoms with Crippen molar-refractivity contribution in [2.24, 2.45) is 0 Å². The molecule has 0 amide bonds. The van der Waals surface area contributed by atoms with Crippen LogP contribution in [0.3, 0.4) is 0 Å². The number of rotatable bonds is 3. The zero-order valence-electron chi connectivity index (χ0n) is 10.9. The Morgan fingerprint density at radius 3 is 2.75 bits per heavy atom. The van der Waals surface area contributed by atoms with Crippen LogP contribution in [0.2, 0.25) is 0 Å².